The number of hydrogen-bond donors (Lipinski definition) is 1. The number of halogens is 1. The molecule has 3 nitrogen and oxygen atoms in total. The van der Waals surface area contributed by atoms with Gasteiger partial charge in [0.2, 0.25) is 5.91 Å². The highest BCUT2D eigenvalue weighted by Gasteiger charge is 2.32. The lowest BCUT2D eigenvalue weighted by Crippen LogP contribution is -2.31. The van der Waals surface area contributed by atoms with E-state index in [0.29, 0.717) is 11.2 Å². The van der Waals surface area contributed by atoms with E-state index in [2.05, 4.69) is 47.0 Å². The first-order valence-corrected chi connectivity index (χ1v) is 8.09. The van der Waals surface area contributed by atoms with Crippen molar-refractivity contribution >= 4 is 27.7 Å². The summed E-state index contributed by atoms with van der Waals surface area (Å²) in [5, 5.41) is 2.93. The maximum Gasteiger partial charge on any atom is 0.228 e. The third-order valence-corrected chi connectivity index (χ3v) is 4.73. The number of amides is 1. The summed E-state index contributed by atoms with van der Waals surface area (Å²) in [5.74, 6) is 1.61. The molecule has 1 aliphatic rings. The third kappa shape index (κ3) is 4.05. The zero-order valence-electron chi connectivity index (χ0n) is 12.4. The van der Waals surface area contributed by atoms with Gasteiger partial charge in [-0.1, -0.05) is 26.8 Å². The Hall–Kier alpha value is -0.900. The van der Waals surface area contributed by atoms with Gasteiger partial charge in [0.25, 0.3) is 0 Å². The highest BCUT2D eigenvalue weighted by molar-refractivity contribution is 9.10. The van der Waals surface area contributed by atoms with E-state index in [-0.39, 0.29) is 11.8 Å². The van der Waals surface area contributed by atoms with Gasteiger partial charge in [-0.3, -0.25) is 4.79 Å². The summed E-state index contributed by atoms with van der Waals surface area (Å²) in [4.78, 5) is 16.5. The molecule has 2 rings (SSSR count). The predicted molar refractivity (Wildman–Crippen MR) is 85.5 cm³/mol. The van der Waals surface area contributed by atoms with Crippen molar-refractivity contribution in [2.75, 3.05) is 5.32 Å². The Kier molecular flexibility index (Phi) is 4.84. The largest absolute Gasteiger partial charge is 0.310 e. The average molecular weight is 339 g/mol. The second kappa shape index (κ2) is 6.25. The van der Waals surface area contributed by atoms with E-state index in [1.54, 1.807) is 0 Å². The Balaban J connectivity index is 1.89. The normalized spacial score (nSPS) is 23.4. The molecule has 110 valence electrons. The molecule has 1 aromatic rings. The number of carbonyl (C=O) groups excluding carboxylic acids is 1. The van der Waals surface area contributed by atoms with Gasteiger partial charge in [-0.2, -0.15) is 0 Å². The predicted octanol–water partition coefficient (Wildman–Crippen LogP) is 4.64. The number of rotatable bonds is 2. The second-order valence-electron chi connectivity index (χ2n) is 6.75. The van der Waals surface area contributed by atoms with E-state index >= 15 is 0 Å². The molecular weight excluding hydrogens is 316 g/mol. The van der Waals surface area contributed by atoms with Crippen molar-refractivity contribution in [2.24, 2.45) is 17.3 Å². The lowest BCUT2D eigenvalue weighted by molar-refractivity contribution is -0.121. The summed E-state index contributed by atoms with van der Waals surface area (Å²) in [6.07, 6.45) is 4.27. The van der Waals surface area contributed by atoms with Crippen LogP contribution in [0.15, 0.2) is 22.8 Å². The van der Waals surface area contributed by atoms with Gasteiger partial charge in [-0.15, -0.1) is 0 Å². The highest BCUT2D eigenvalue weighted by Crippen LogP contribution is 2.40. The van der Waals surface area contributed by atoms with Gasteiger partial charge >= 0.3 is 0 Å². The van der Waals surface area contributed by atoms with Crippen LogP contribution in [-0.4, -0.2) is 10.9 Å². The fraction of sp³-hybridized carbons (Fsp3) is 0.625. The van der Waals surface area contributed by atoms with E-state index in [1.807, 2.05) is 18.2 Å². The zero-order chi connectivity index (χ0) is 14.8. The maximum absolute atomic E-state index is 12.3. The van der Waals surface area contributed by atoms with Crippen LogP contribution in [0.4, 0.5) is 5.82 Å². The average Bonchev–Trinajstić information content (AvgIpc) is 2.38. The van der Waals surface area contributed by atoms with Crippen LogP contribution < -0.4 is 5.32 Å². The van der Waals surface area contributed by atoms with Crippen molar-refractivity contribution in [3.8, 4) is 0 Å². The molecule has 0 unspecified atom stereocenters. The lowest BCUT2D eigenvalue weighted by Gasteiger charge is -2.36. The maximum atomic E-state index is 12.3. The summed E-state index contributed by atoms with van der Waals surface area (Å²) in [6.45, 7) is 6.89. The Morgan fingerprint density at radius 1 is 1.25 bits per heavy atom. The molecule has 0 aliphatic heterocycles. The minimum atomic E-state index is 0.114. The number of anilines is 1. The molecule has 1 saturated carbocycles. The molecule has 1 amide bonds. The number of carbonyl (C=O) groups is 1. The molecule has 1 aromatic heterocycles. The summed E-state index contributed by atoms with van der Waals surface area (Å²) >= 11 is 3.32. The van der Waals surface area contributed by atoms with Crippen molar-refractivity contribution in [1.82, 2.24) is 4.98 Å². The van der Waals surface area contributed by atoms with E-state index in [9.17, 15) is 4.79 Å². The first-order chi connectivity index (χ1) is 9.36. The Labute approximate surface area is 129 Å². The van der Waals surface area contributed by atoms with Crippen LogP contribution in [0.5, 0.6) is 0 Å². The van der Waals surface area contributed by atoms with Crippen molar-refractivity contribution in [1.29, 1.82) is 0 Å². The minimum absolute atomic E-state index is 0.114. The SMILES string of the molecule is CC(C)(C)C1CCC(C(=O)Nc2cccc(Br)n2)CC1. The highest BCUT2D eigenvalue weighted by atomic mass is 79.9. The van der Waals surface area contributed by atoms with E-state index < -0.39 is 0 Å². The van der Waals surface area contributed by atoms with E-state index in [1.165, 1.54) is 0 Å². The molecule has 0 spiro atoms. The van der Waals surface area contributed by atoms with Crippen LogP contribution in [0.25, 0.3) is 0 Å². The Morgan fingerprint density at radius 3 is 2.45 bits per heavy atom. The van der Waals surface area contributed by atoms with Crippen molar-refractivity contribution in [3.63, 3.8) is 0 Å². The first-order valence-electron chi connectivity index (χ1n) is 7.29. The summed E-state index contributed by atoms with van der Waals surface area (Å²) in [5.41, 5.74) is 0.354. The molecule has 1 fully saturated rings. The number of nitrogens with one attached hydrogen (secondary N) is 1. The Morgan fingerprint density at radius 2 is 1.90 bits per heavy atom. The van der Waals surface area contributed by atoms with Crippen LogP contribution in [-0.2, 0) is 4.79 Å². The molecule has 0 bridgehead atoms. The fourth-order valence-corrected chi connectivity index (χ4v) is 3.27. The Bertz CT molecular complexity index is 474. The van der Waals surface area contributed by atoms with Gasteiger partial charge < -0.3 is 5.32 Å². The fourth-order valence-electron chi connectivity index (χ4n) is 2.93. The topological polar surface area (TPSA) is 42.0 Å². The first kappa shape index (κ1) is 15.5. The molecule has 1 N–H and O–H groups in total. The molecule has 0 atom stereocenters. The number of aromatic nitrogens is 1. The van der Waals surface area contributed by atoms with Gasteiger partial charge in [0, 0.05) is 5.92 Å². The molecule has 0 saturated heterocycles. The standard InChI is InChI=1S/C16H23BrN2O/c1-16(2,3)12-9-7-11(8-10-12)15(20)19-14-6-4-5-13(17)18-14/h4-6,11-12H,7-10H2,1-3H3,(H,18,19,20). The molecule has 0 aromatic carbocycles. The monoisotopic (exact) mass is 338 g/mol. The smallest absolute Gasteiger partial charge is 0.228 e. The van der Waals surface area contributed by atoms with Gasteiger partial charge in [0.1, 0.15) is 10.4 Å². The van der Waals surface area contributed by atoms with Gasteiger partial charge in [-0.05, 0) is 65.1 Å². The van der Waals surface area contributed by atoms with E-state index in [0.717, 1.165) is 36.2 Å². The van der Waals surface area contributed by atoms with Crippen LogP contribution in [0, 0.1) is 17.3 Å². The van der Waals surface area contributed by atoms with Crippen LogP contribution >= 0.6 is 15.9 Å². The molecule has 1 heterocycles. The summed E-state index contributed by atoms with van der Waals surface area (Å²) in [6, 6.07) is 5.55. The van der Waals surface area contributed by atoms with Gasteiger partial charge in [0.05, 0.1) is 0 Å². The summed E-state index contributed by atoms with van der Waals surface area (Å²) < 4.78 is 0.742. The van der Waals surface area contributed by atoms with Crippen LogP contribution in [0.2, 0.25) is 0 Å². The number of pyridine rings is 1. The number of nitrogens with zero attached hydrogens (tertiary/aromatic N) is 1. The zero-order valence-corrected chi connectivity index (χ0v) is 14.0. The molecular formula is C16H23BrN2O. The minimum Gasteiger partial charge on any atom is -0.310 e. The summed E-state index contributed by atoms with van der Waals surface area (Å²) in [7, 11) is 0. The van der Waals surface area contributed by atoms with Crippen molar-refractivity contribution in [2.45, 2.75) is 46.5 Å². The molecule has 1 aliphatic carbocycles. The molecule has 0 radical (unpaired) electrons. The van der Waals surface area contributed by atoms with Crippen LogP contribution in [0.1, 0.15) is 46.5 Å². The third-order valence-electron chi connectivity index (χ3n) is 4.29. The van der Waals surface area contributed by atoms with Crippen molar-refractivity contribution < 1.29 is 4.79 Å². The molecule has 4 heteroatoms. The number of hydrogen-bond acceptors (Lipinski definition) is 2. The van der Waals surface area contributed by atoms with Crippen LogP contribution in [0.3, 0.4) is 0 Å². The van der Waals surface area contributed by atoms with E-state index in [4.69, 9.17) is 0 Å². The second-order valence-corrected chi connectivity index (χ2v) is 7.56. The van der Waals surface area contributed by atoms with Gasteiger partial charge in [0.15, 0.2) is 0 Å². The lowest BCUT2D eigenvalue weighted by atomic mass is 9.70. The molecule has 20 heavy (non-hydrogen) atoms. The quantitative estimate of drug-likeness (QED) is 0.798. The van der Waals surface area contributed by atoms with Crippen molar-refractivity contribution in [3.05, 3.63) is 22.8 Å². The van der Waals surface area contributed by atoms with Gasteiger partial charge in [-0.25, -0.2) is 4.98 Å².